The normalized spacial score (nSPS) is 24.3. The van der Waals surface area contributed by atoms with E-state index in [4.69, 9.17) is 4.74 Å². The molecular weight excluding hydrogens is 719 g/mol. The summed E-state index contributed by atoms with van der Waals surface area (Å²) in [6, 6.07) is 3.36. The Kier molecular flexibility index (Phi) is 10.5. The molecule has 5 aliphatic rings. The highest BCUT2D eigenvalue weighted by molar-refractivity contribution is 7.86. The summed E-state index contributed by atoms with van der Waals surface area (Å²) in [5.41, 5.74) is -1.29. The molecule has 1 aromatic carbocycles. The number of anilines is 1. The maximum atomic E-state index is 16.2. The van der Waals surface area contributed by atoms with Gasteiger partial charge in [0.25, 0.3) is 16.1 Å². The molecule has 54 heavy (non-hydrogen) atoms. The molecule has 2 atom stereocenters. The molecule has 5 aliphatic heterocycles. The average molecular weight is 771 g/mol. The number of ether oxygens (including phenoxy) is 1. The Balaban J connectivity index is 0.917. The SMILES string of the molecule is C=CC(=O)N1C[C@@H]2C[C@H]1CN2S(=O)(=O)N1CCC(F)(CN2CCC3(CC2)CN(c2ncncc2Oc2ccc(F)cc2C(=O)N(C(C)C)C(C)C)C3)CC1. The molecule has 5 fully saturated rings. The Morgan fingerprint density at radius 2 is 1.70 bits per heavy atom. The predicted molar refractivity (Wildman–Crippen MR) is 200 cm³/mol. The van der Waals surface area contributed by atoms with E-state index in [1.165, 1.54) is 39.2 Å². The zero-order chi connectivity index (χ0) is 38.6. The van der Waals surface area contributed by atoms with Crippen LogP contribution >= 0.6 is 0 Å². The minimum Gasteiger partial charge on any atom is -0.451 e. The van der Waals surface area contributed by atoms with E-state index in [0.29, 0.717) is 24.5 Å². The van der Waals surface area contributed by atoms with Crippen LogP contribution < -0.4 is 9.64 Å². The Hall–Kier alpha value is -3.73. The highest BCUT2D eigenvalue weighted by Crippen LogP contribution is 2.46. The number of amides is 2. The number of likely N-dealkylation sites (tertiary alicyclic amines) is 2. The second-order valence-electron chi connectivity index (χ2n) is 16.4. The maximum absolute atomic E-state index is 16.2. The first-order valence-electron chi connectivity index (χ1n) is 19.1. The minimum atomic E-state index is -3.74. The van der Waals surface area contributed by atoms with Crippen LogP contribution in [-0.4, -0.2) is 142 Å². The molecule has 1 aromatic heterocycles. The van der Waals surface area contributed by atoms with Crippen LogP contribution in [0.25, 0.3) is 0 Å². The van der Waals surface area contributed by atoms with E-state index >= 15 is 4.39 Å². The van der Waals surface area contributed by atoms with Crippen molar-refractivity contribution < 1.29 is 31.5 Å². The lowest BCUT2D eigenvalue weighted by Crippen LogP contribution is -2.62. The number of hydrogen-bond acceptors (Lipinski definition) is 9. The zero-order valence-electron chi connectivity index (χ0n) is 31.7. The summed E-state index contributed by atoms with van der Waals surface area (Å²) in [6.07, 6.45) is 6.98. The van der Waals surface area contributed by atoms with Gasteiger partial charge in [-0.3, -0.25) is 9.59 Å². The number of carbonyl (C=O) groups excluding carboxylic acids is 2. The van der Waals surface area contributed by atoms with Crippen LogP contribution in [0.1, 0.15) is 70.2 Å². The second-order valence-corrected chi connectivity index (χ2v) is 18.2. The number of alkyl halides is 1. The maximum Gasteiger partial charge on any atom is 0.282 e. The monoisotopic (exact) mass is 770 g/mol. The second kappa shape index (κ2) is 14.7. The van der Waals surface area contributed by atoms with Crippen LogP contribution in [0, 0.1) is 11.2 Å². The third-order valence-corrected chi connectivity index (χ3v) is 14.1. The molecule has 0 unspecified atom stereocenters. The van der Waals surface area contributed by atoms with E-state index in [1.807, 2.05) is 27.7 Å². The van der Waals surface area contributed by atoms with Crippen LogP contribution in [-0.2, 0) is 15.0 Å². The Morgan fingerprint density at radius 3 is 2.31 bits per heavy atom. The van der Waals surface area contributed by atoms with Gasteiger partial charge in [-0.05, 0) is 97.2 Å². The number of piperidine rings is 2. The molecule has 7 rings (SSSR count). The topological polar surface area (TPSA) is 123 Å². The van der Waals surface area contributed by atoms with E-state index in [9.17, 15) is 22.4 Å². The fraction of sp³-hybridized carbons (Fsp3) is 0.632. The van der Waals surface area contributed by atoms with Crippen molar-refractivity contribution >= 4 is 27.8 Å². The van der Waals surface area contributed by atoms with E-state index in [2.05, 4.69) is 26.3 Å². The van der Waals surface area contributed by atoms with Gasteiger partial charge in [0.1, 0.15) is 23.6 Å². The summed E-state index contributed by atoms with van der Waals surface area (Å²) in [6.45, 7) is 15.4. The number of benzene rings is 1. The first-order chi connectivity index (χ1) is 25.6. The van der Waals surface area contributed by atoms with Gasteiger partial charge < -0.3 is 24.3 Å². The van der Waals surface area contributed by atoms with E-state index in [1.54, 1.807) is 16.0 Å². The van der Waals surface area contributed by atoms with Crippen molar-refractivity contribution in [3.05, 3.63) is 54.8 Å². The summed E-state index contributed by atoms with van der Waals surface area (Å²) in [5.74, 6) is 0.178. The highest BCUT2D eigenvalue weighted by Gasteiger charge is 2.52. The lowest BCUT2D eigenvalue weighted by atomic mass is 9.71. The lowest BCUT2D eigenvalue weighted by molar-refractivity contribution is -0.127. The summed E-state index contributed by atoms with van der Waals surface area (Å²) in [4.78, 5) is 42.1. The number of nitrogens with zero attached hydrogens (tertiary/aromatic N) is 8. The molecule has 0 aliphatic carbocycles. The molecular formula is C38H52F2N8O5S. The van der Waals surface area contributed by atoms with Crippen molar-refractivity contribution in [3.8, 4) is 11.5 Å². The van der Waals surface area contributed by atoms with Crippen molar-refractivity contribution in [3.63, 3.8) is 0 Å². The van der Waals surface area contributed by atoms with Crippen molar-refractivity contribution in [2.75, 3.05) is 63.8 Å². The fourth-order valence-corrected chi connectivity index (χ4v) is 11.1. The van der Waals surface area contributed by atoms with Gasteiger partial charge in [-0.25, -0.2) is 18.7 Å². The first-order valence-corrected chi connectivity index (χ1v) is 20.5. The number of carbonyl (C=O) groups is 2. The summed E-state index contributed by atoms with van der Waals surface area (Å²) in [7, 11) is -3.74. The van der Waals surface area contributed by atoms with E-state index < -0.39 is 21.7 Å². The van der Waals surface area contributed by atoms with Gasteiger partial charge in [-0.2, -0.15) is 17.0 Å². The third-order valence-electron chi connectivity index (χ3n) is 12.1. The van der Waals surface area contributed by atoms with Crippen molar-refractivity contribution in [1.82, 2.24) is 33.3 Å². The summed E-state index contributed by atoms with van der Waals surface area (Å²) in [5, 5.41) is 0. The standard InChI is InChI=1S/C38H52F2N8O5S/c1-6-34(49)46-20-30-18-29(46)21-47(30)54(51,52)45-15-11-38(40,12-16-45)24-43-13-9-37(10-14-43)22-44(23-37)35-33(19-41-25-42-35)53-32-8-7-28(39)17-31(32)36(50)48(26(2)3)27(4)5/h6-8,17,19,25-27,29-30H,1,9-16,18,20-24H2,2-5H3/t29-,30-/m0/s1. The number of fused-ring (bicyclic) bond motifs is 2. The lowest BCUT2D eigenvalue weighted by Gasteiger charge is -2.55. The largest absolute Gasteiger partial charge is 0.451 e. The van der Waals surface area contributed by atoms with Gasteiger partial charge in [0, 0.05) is 75.4 Å². The quantitative estimate of drug-likeness (QED) is 0.311. The molecule has 13 nitrogen and oxygen atoms in total. The molecule has 5 saturated heterocycles. The van der Waals surface area contributed by atoms with Gasteiger partial charge >= 0.3 is 0 Å². The molecule has 294 valence electrons. The minimum absolute atomic E-state index is 0.0483. The van der Waals surface area contributed by atoms with Crippen LogP contribution in [0.3, 0.4) is 0 Å². The zero-order valence-corrected chi connectivity index (χ0v) is 32.5. The number of piperazine rings is 1. The smallest absolute Gasteiger partial charge is 0.282 e. The fourth-order valence-electron chi connectivity index (χ4n) is 9.24. The number of rotatable bonds is 11. The summed E-state index contributed by atoms with van der Waals surface area (Å²) >= 11 is 0. The van der Waals surface area contributed by atoms with Crippen LogP contribution in [0.2, 0.25) is 0 Å². The van der Waals surface area contributed by atoms with E-state index in [0.717, 1.165) is 39.0 Å². The average Bonchev–Trinajstić information content (AvgIpc) is 3.74. The first kappa shape index (κ1) is 38.5. The third kappa shape index (κ3) is 7.33. The Labute approximate surface area is 317 Å². The summed E-state index contributed by atoms with van der Waals surface area (Å²) < 4.78 is 66.9. The molecule has 16 heteroatoms. The van der Waals surface area contributed by atoms with Crippen LogP contribution in [0.5, 0.6) is 11.5 Å². The molecule has 2 bridgehead atoms. The highest BCUT2D eigenvalue weighted by atomic mass is 32.2. The molecule has 2 aromatic rings. The van der Waals surface area contributed by atoms with Crippen LogP contribution in [0.15, 0.2) is 43.4 Å². The Morgan fingerprint density at radius 1 is 1.02 bits per heavy atom. The van der Waals surface area contributed by atoms with Crippen molar-refractivity contribution in [2.45, 2.75) is 89.6 Å². The number of halogens is 2. The number of hydrogen-bond donors (Lipinski definition) is 0. The van der Waals surface area contributed by atoms with Gasteiger partial charge in [0.05, 0.1) is 11.8 Å². The molecule has 0 saturated carbocycles. The van der Waals surface area contributed by atoms with Gasteiger partial charge in [-0.1, -0.05) is 6.58 Å². The molecule has 2 amide bonds. The predicted octanol–water partition coefficient (Wildman–Crippen LogP) is 4.09. The number of aromatic nitrogens is 2. The molecule has 0 radical (unpaired) electrons. The van der Waals surface area contributed by atoms with Gasteiger partial charge in [0.15, 0.2) is 11.6 Å². The van der Waals surface area contributed by atoms with Gasteiger partial charge in [-0.15, -0.1) is 0 Å². The van der Waals surface area contributed by atoms with Crippen molar-refractivity contribution in [2.24, 2.45) is 5.41 Å². The van der Waals surface area contributed by atoms with E-state index in [-0.39, 0.29) is 91.7 Å². The Bertz CT molecular complexity index is 1850. The van der Waals surface area contributed by atoms with Crippen molar-refractivity contribution in [1.29, 1.82) is 0 Å². The molecule has 6 heterocycles. The molecule has 0 N–H and O–H groups in total. The van der Waals surface area contributed by atoms with Gasteiger partial charge in [0.2, 0.25) is 5.91 Å². The van der Waals surface area contributed by atoms with Crippen LogP contribution in [0.4, 0.5) is 14.6 Å². The molecule has 1 spiro atoms.